The maximum absolute atomic E-state index is 13.3. The Morgan fingerprint density at radius 3 is 2.24 bits per heavy atom. The van der Waals surface area contributed by atoms with Gasteiger partial charge in [0.1, 0.15) is 12.1 Å². The summed E-state index contributed by atoms with van der Waals surface area (Å²) < 4.78 is 11.1. The molecule has 0 unspecified atom stereocenters. The first-order chi connectivity index (χ1) is 16.4. The number of nitrogens with one attached hydrogen (secondary N) is 1. The fraction of sp³-hybridized carbons (Fsp3) is 0.423. The molecule has 1 aliphatic carbocycles. The smallest absolute Gasteiger partial charge is 0.408 e. The maximum Gasteiger partial charge on any atom is 0.408 e. The lowest BCUT2D eigenvalue weighted by molar-refractivity contribution is -0.142. The van der Waals surface area contributed by atoms with E-state index in [4.69, 9.17) is 14.6 Å². The van der Waals surface area contributed by atoms with Gasteiger partial charge in [0.15, 0.2) is 0 Å². The van der Waals surface area contributed by atoms with Crippen LogP contribution in [0.5, 0.6) is 0 Å². The van der Waals surface area contributed by atoms with Gasteiger partial charge in [-0.25, -0.2) is 4.79 Å². The molecule has 0 atom stereocenters. The molecule has 1 saturated heterocycles. The summed E-state index contributed by atoms with van der Waals surface area (Å²) in [4.78, 5) is 38.5. The SMILES string of the molecule is CN(CCCC(=O)O)C(=O)C1(NC(=O)OCC2c3ccccc3-c3ccccc32)CCOCC1. The lowest BCUT2D eigenvalue weighted by Gasteiger charge is -2.38. The summed E-state index contributed by atoms with van der Waals surface area (Å²) in [5.74, 6) is -1.23. The Morgan fingerprint density at radius 1 is 1.06 bits per heavy atom. The van der Waals surface area contributed by atoms with Gasteiger partial charge in [-0.2, -0.15) is 0 Å². The number of alkyl carbamates (subject to hydrolysis) is 1. The Kier molecular flexibility index (Phi) is 7.17. The van der Waals surface area contributed by atoms with Gasteiger partial charge >= 0.3 is 12.1 Å². The molecule has 34 heavy (non-hydrogen) atoms. The van der Waals surface area contributed by atoms with Crippen molar-refractivity contribution in [3.05, 3.63) is 59.7 Å². The molecule has 2 aromatic rings. The van der Waals surface area contributed by atoms with Crippen molar-refractivity contribution in [1.29, 1.82) is 0 Å². The molecule has 0 bridgehead atoms. The second-order valence-corrected chi connectivity index (χ2v) is 8.87. The Labute approximate surface area is 198 Å². The third-order valence-electron chi connectivity index (χ3n) is 6.67. The van der Waals surface area contributed by atoms with Gasteiger partial charge in [0, 0.05) is 52.0 Å². The van der Waals surface area contributed by atoms with Gasteiger partial charge < -0.3 is 24.8 Å². The van der Waals surface area contributed by atoms with E-state index in [1.54, 1.807) is 7.05 Å². The zero-order valence-electron chi connectivity index (χ0n) is 19.3. The number of aliphatic carboxylic acids is 1. The van der Waals surface area contributed by atoms with E-state index in [1.165, 1.54) is 4.90 Å². The third-order valence-corrected chi connectivity index (χ3v) is 6.67. The second-order valence-electron chi connectivity index (χ2n) is 8.87. The van der Waals surface area contributed by atoms with E-state index in [0.29, 0.717) is 39.0 Å². The average molecular weight is 467 g/mol. The standard InChI is InChI=1S/C26H30N2O6/c1-28(14-6-11-23(29)30)24(31)26(12-15-33-16-13-26)27-25(32)34-17-22-20-9-4-2-7-18(20)19-8-3-5-10-21(19)22/h2-5,7-10,22H,6,11-17H2,1H3,(H,27,32)(H,29,30). The first-order valence-electron chi connectivity index (χ1n) is 11.6. The van der Waals surface area contributed by atoms with Crippen molar-refractivity contribution in [2.24, 2.45) is 0 Å². The molecule has 2 amide bonds. The number of hydrogen-bond donors (Lipinski definition) is 2. The van der Waals surface area contributed by atoms with Crippen molar-refractivity contribution in [3.63, 3.8) is 0 Å². The van der Waals surface area contributed by atoms with E-state index in [9.17, 15) is 14.4 Å². The fourth-order valence-corrected chi connectivity index (χ4v) is 4.88. The van der Waals surface area contributed by atoms with E-state index in [2.05, 4.69) is 29.6 Å². The van der Waals surface area contributed by atoms with Gasteiger partial charge in [0.2, 0.25) is 5.91 Å². The number of hydrogen-bond acceptors (Lipinski definition) is 5. The number of fused-ring (bicyclic) bond motifs is 3. The highest BCUT2D eigenvalue weighted by molar-refractivity contribution is 5.90. The van der Waals surface area contributed by atoms with Gasteiger partial charge in [0.25, 0.3) is 0 Å². The Bertz CT molecular complexity index is 1020. The predicted octanol–water partition coefficient (Wildman–Crippen LogP) is 3.40. The molecule has 180 valence electrons. The molecule has 1 fully saturated rings. The van der Waals surface area contributed by atoms with E-state index >= 15 is 0 Å². The summed E-state index contributed by atoms with van der Waals surface area (Å²) in [5.41, 5.74) is 3.40. The normalized spacial score (nSPS) is 16.3. The Morgan fingerprint density at radius 2 is 1.65 bits per heavy atom. The van der Waals surface area contributed by atoms with Crippen LogP contribution in [0, 0.1) is 0 Å². The quantitative estimate of drug-likeness (QED) is 0.618. The van der Waals surface area contributed by atoms with Crippen LogP contribution in [0.2, 0.25) is 0 Å². The average Bonchev–Trinajstić information content (AvgIpc) is 3.16. The molecule has 8 heteroatoms. The Hall–Kier alpha value is -3.39. The van der Waals surface area contributed by atoms with Crippen molar-refractivity contribution in [3.8, 4) is 11.1 Å². The molecule has 0 aromatic heterocycles. The molecule has 4 rings (SSSR count). The minimum atomic E-state index is -1.13. The van der Waals surface area contributed by atoms with Gasteiger partial charge in [-0.05, 0) is 28.7 Å². The number of amides is 2. The summed E-state index contributed by atoms with van der Waals surface area (Å²) in [6, 6.07) is 16.2. The molecular formula is C26H30N2O6. The van der Waals surface area contributed by atoms with Crippen LogP contribution < -0.4 is 5.32 Å². The lowest BCUT2D eigenvalue weighted by atomic mass is 9.88. The molecule has 2 aromatic carbocycles. The highest BCUT2D eigenvalue weighted by Crippen LogP contribution is 2.44. The van der Waals surface area contributed by atoms with Crippen LogP contribution in [0.4, 0.5) is 4.79 Å². The summed E-state index contributed by atoms with van der Waals surface area (Å²) in [6.07, 6.45) is 0.345. The number of carboxylic acid groups (broad SMARTS) is 1. The van der Waals surface area contributed by atoms with Gasteiger partial charge in [-0.1, -0.05) is 48.5 Å². The van der Waals surface area contributed by atoms with Crippen LogP contribution in [-0.2, 0) is 19.1 Å². The summed E-state index contributed by atoms with van der Waals surface area (Å²) in [7, 11) is 1.63. The number of carbonyl (C=O) groups is 3. The van der Waals surface area contributed by atoms with Gasteiger partial charge in [0.05, 0.1) is 0 Å². The number of carbonyl (C=O) groups excluding carboxylic acids is 2. The number of likely N-dealkylation sites (N-methyl/N-ethyl adjacent to an activating group) is 1. The highest BCUT2D eigenvalue weighted by Gasteiger charge is 2.43. The van der Waals surface area contributed by atoms with Crippen molar-refractivity contribution >= 4 is 18.0 Å². The van der Waals surface area contributed by atoms with Crippen molar-refractivity contribution < 1.29 is 29.0 Å². The number of benzene rings is 2. The molecular weight excluding hydrogens is 436 g/mol. The summed E-state index contributed by atoms with van der Waals surface area (Å²) >= 11 is 0. The van der Waals surface area contributed by atoms with Crippen LogP contribution in [0.25, 0.3) is 11.1 Å². The first-order valence-corrected chi connectivity index (χ1v) is 11.6. The van der Waals surface area contributed by atoms with Crippen LogP contribution in [-0.4, -0.2) is 66.9 Å². The molecule has 0 saturated carbocycles. The molecule has 0 spiro atoms. The van der Waals surface area contributed by atoms with Crippen LogP contribution >= 0.6 is 0 Å². The number of carboxylic acids is 1. The van der Waals surface area contributed by atoms with Gasteiger partial charge in [-0.3, -0.25) is 9.59 Å². The molecule has 1 heterocycles. The maximum atomic E-state index is 13.3. The monoisotopic (exact) mass is 466 g/mol. The van der Waals surface area contributed by atoms with E-state index in [0.717, 1.165) is 22.3 Å². The second kappa shape index (κ2) is 10.3. The first kappa shape index (κ1) is 23.8. The van der Waals surface area contributed by atoms with Crippen LogP contribution in [0.3, 0.4) is 0 Å². The third kappa shape index (κ3) is 4.92. The largest absolute Gasteiger partial charge is 0.481 e. The molecule has 2 aliphatic rings. The Balaban J connectivity index is 1.43. The molecule has 2 N–H and O–H groups in total. The van der Waals surface area contributed by atoms with Crippen LogP contribution in [0.15, 0.2) is 48.5 Å². The molecule has 8 nitrogen and oxygen atoms in total. The number of nitrogens with zero attached hydrogens (tertiary/aromatic N) is 1. The van der Waals surface area contributed by atoms with Gasteiger partial charge in [-0.15, -0.1) is 0 Å². The lowest BCUT2D eigenvalue weighted by Crippen LogP contribution is -2.61. The molecule has 1 aliphatic heterocycles. The minimum absolute atomic E-state index is 0.0203. The summed E-state index contributed by atoms with van der Waals surface area (Å²) in [5, 5.41) is 11.7. The number of ether oxygens (including phenoxy) is 2. The highest BCUT2D eigenvalue weighted by atomic mass is 16.5. The van der Waals surface area contributed by atoms with E-state index < -0.39 is 17.6 Å². The number of rotatable bonds is 8. The zero-order chi connectivity index (χ0) is 24.1. The van der Waals surface area contributed by atoms with Crippen molar-refractivity contribution in [1.82, 2.24) is 10.2 Å². The van der Waals surface area contributed by atoms with E-state index in [-0.39, 0.29) is 24.9 Å². The van der Waals surface area contributed by atoms with Crippen LogP contribution in [0.1, 0.15) is 42.7 Å². The zero-order valence-corrected chi connectivity index (χ0v) is 19.3. The van der Waals surface area contributed by atoms with E-state index in [1.807, 2.05) is 24.3 Å². The molecule has 0 radical (unpaired) electrons. The fourth-order valence-electron chi connectivity index (χ4n) is 4.88. The van der Waals surface area contributed by atoms with Crippen molar-refractivity contribution in [2.75, 3.05) is 33.4 Å². The minimum Gasteiger partial charge on any atom is -0.481 e. The van der Waals surface area contributed by atoms with Crippen molar-refractivity contribution in [2.45, 2.75) is 37.1 Å². The topological polar surface area (TPSA) is 105 Å². The summed E-state index contributed by atoms with van der Waals surface area (Å²) in [6.45, 7) is 1.14. The predicted molar refractivity (Wildman–Crippen MR) is 125 cm³/mol.